The van der Waals surface area contributed by atoms with Crippen LogP contribution in [0, 0.1) is 10.1 Å². The first-order valence-electron chi connectivity index (χ1n) is 8.01. The molecule has 0 aromatic heterocycles. The third-order valence-corrected chi connectivity index (χ3v) is 3.63. The van der Waals surface area contributed by atoms with Gasteiger partial charge in [-0.2, -0.15) is 0 Å². The Balaban J connectivity index is 1.91. The third-order valence-electron chi connectivity index (χ3n) is 3.63. The number of aliphatic hydroxyl groups excluding tert-OH is 2. The van der Waals surface area contributed by atoms with Gasteiger partial charge < -0.3 is 14.9 Å². The molecule has 0 amide bonds. The van der Waals surface area contributed by atoms with Crippen LogP contribution < -0.4 is 4.74 Å². The van der Waals surface area contributed by atoms with E-state index in [1.54, 1.807) is 12.1 Å². The molecule has 7 heteroatoms. The van der Waals surface area contributed by atoms with E-state index in [4.69, 9.17) is 4.74 Å². The molecule has 7 nitrogen and oxygen atoms in total. The van der Waals surface area contributed by atoms with Crippen LogP contribution in [0.4, 0.5) is 5.69 Å². The van der Waals surface area contributed by atoms with Crippen LogP contribution in [0.1, 0.15) is 5.56 Å². The number of nitro benzene ring substituents is 1. The molecule has 0 radical (unpaired) electrons. The number of aliphatic hydroxyl groups is 2. The molecule has 0 aliphatic rings. The summed E-state index contributed by atoms with van der Waals surface area (Å²) in [7, 11) is 0. The Morgan fingerprint density at radius 1 is 1.12 bits per heavy atom. The fourth-order valence-electron chi connectivity index (χ4n) is 2.48. The zero-order valence-corrected chi connectivity index (χ0v) is 13.8. The van der Waals surface area contributed by atoms with E-state index in [1.165, 1.54) is 12.1 Å². The summed E-state index contributed by atoms with van der Waals surface area (Å²) in [6.45, 7) is 1.20. The molecule has 2 rings (SSSR count). The van der Waals surface area contributed by atoms with Crippen LogP contribution in [0.5, 0.6) is 5.75 Å². The van der Waals surface area contributed by atoms with Gasteiger partial charge in [-0.15, -0.1) is 0 Å². The average molecular weight is 346 g/mol. The molecular weight excluding hydrogens is 324 g/mol. The zero-order chi connectivity index (χ0) is 18.1. The van der Waals surface area contributed by atoms with Crippen LogP contribution >= 0.6 is 0 Å². The monoisotopic (exact) mass is 346 g/mol. The summed E-state index contributed by atoms with van der Waals surface area (Å²) in [6.07, 6.45) is -0.838. The molecule has 0 unspecified atom stereocenters. The SMILES string of the molecule is O=[N+]([O-])c1ccccc1OC[C@@H](O)CN(CCO)Cc1ccccc1. The van der Waals surface area contributed by atoms with Gasteiger partial charge in [0.05, 0.1) is 11.5 Å². The maximum Gasteiger partial charge on any atom is 0.310 e. The quantitative estimate of drug-likeness (QED) is 0.503. The van der Waals surface area contributed by atoms with E-state index in [0.717, 1.165) is 5.56 Å². The summed E-state index contributed by atoms with van der Waals surface area (Å²) in [6, 6.07) is 15.8. The Labute approximate surface area is 146 Å². The lowest BCUT2D eigenvalue weighted by Gasteiger charge is -2.24. The Kier molecular flexibility index (Phi) is 7.34. The summed E-state index contributed by atoms with van der Waals surface area (Å²) in [5.41, 5.74) is 0.939. The van der Waals surface area contributed by atoms with Crippen LogP contribution in [0.3, 0.4) is 0 Å². The zero-order valence-electron chi connectivity index (χ0n) is 13.8. The molecular formula is C18H22N2O5. The number of nitro groups is 1. The maximum atomic E-state index is 11.0. The van der Waals surface area contributed by atoms with Crippen molar-refractivity contribution in [1.82, 2.24) is 4.90 Å². The Bertz CT molecular complexity index is 666. The van der Waals surface area contributed by atoms with Gasteiger partial charge in [-0.3, -0.25) is 15.0 Å². The van der Waals surface area contributed by atoms with Gasteiger partial charge in [0.1, 0.15) is 12.7 Å². The van der Waals surface area contributed by atoms with Crippen molar-refractivity contribution in [3.8, 4) is 5.75 Å². The van der Waals surface area contributed by atoms with E-state index in [0.29, 0.717) is 13.1 Å². The van der Waals surface area contributed by atoms with Crippen LogP contribution in [0.15, 0.2) is 54.6 Å². The first-order valence-corrected chi connectivity index (χ1v) is 8.01. The summed E-state index contributed by atoms with van der Waals surface area (Å²) < 4.78 is 5.41. The number of ether oxygens (including phenoxy) is 1. The molecule has 0 aliphatic carbocycles. The summed E-state index contributed by atoms with van der Waals surface area (Å²) >= 11 is 0. The molecule has 1 atom stereocenters. The molecule has 0 heterocycles. The first-order chi connectivity index (χ1) is 12.1. The number of para-hydroxylation sites is 2. The third kappa shape index (κ3) is 6.15. The Morgan fingerprint density at radius 2 is 1.80 bits per heavy atom. The minimum absolute atomic E-state index is 0.0232. The van der Waals surface area contributed by atoms with Gasteiger partial charge in [-0.25, -0.2) is 0 Å². The second kappa shape index (κ2) is 9.73. The number of hydrogen-bond acceptors (Lipinski definition) is 6. The standard InChI is InChI=1S/C18H22N2O5/c21-11-10-19(12-15-6-2-1-3-7-15)13-16(22)14-25-18-9-5-4-8-17(18)20(23)24/h1-9,16,21-22H,10-14H2/t16-/m0/s1. The molecule has 0 bridgehead atoms. The topological polar surface area (TPSA) is 96.1 Å². The van der Waals surface area contributed by atoms with Gasteiger partial charge in [0, 0.05) is 25.7 Å². The van der Waals surface area contributed by atoms with Crippen molar-refractivity contribution in [2.45, 2.75) is 12.6 Å². The van der Waals surface area contributed by atoms with Crippen molar-refractivity contribution in [2.75, 3.05) is 26.3 Å². The Hall–Kier alpha value is -2.48. The smallest absolute Gasteiger partial charge is 0.310 e. The van der Waals surface area contributed by atoms with E-state index < -0.39 is 11.0 Å². The van der Waals surface area contributed by atoms with Gasteiger partial charge in [0.2, 0.25) is 0 Å². The summed E-state index contributed by atoms with van der Waals surface area (Å²) in [4.78, 5) is 12.3. The highest BCUT2D eigenvalue weighted by Gasteiger charge is 2.17. The fraction of sp³-hybridized carbons (Fsp3) is 0.333. The van der Waals surface area contributed by atoms with E-state index >= 15 is 0 Å². The molecule has 0 saturated carbocycles. The van der Waals surface area contributed by atoms with Gasteiger partial charge in [0.25, 0.3) is 0 Å². The van der Waals surface area contributed by atoms with Crippen LogP contribution in [-0.2, 0) is 6.54 Å². The lowest BCUT2D eigenvalue weighted by molar-refractivity contribution is -0.385. The number of benzene rings is 2. The summed E-state index contributed by atoms with van der Waals surface area (Å²) in [5, 5.41) is 30.4. The molecule has 2 aromatic rings. The van der Waals surface area contributed by atoms with Crippen molar-refractivity contribution in [2.24, 2.45) is 0 Å². The van der Waals surface area contributed by atoms with Gasteiger partial charge in [0.15, 0.2) is 5.75 Å². The lowest BCUT2D eigenvalue weighted by atomic mass is 10.2. The van der Waals surface area contributed by atoms with Gasteiger partial charge >= 0.3 is 5.69 Å². The first kappa shape index (κ1) is 18.9. The van der Waals surface area contributed by atoms with Crippen LogP contribution in [0.2, 0.25) is 0 Å². The van der Waals surface area contributed by atoms with Crippen molar-refractivity contribution in [1.29, 1.82) is 0 Å². The molecule has 134 valence electrons. The molecule has 25 heavy (non-hydrogen) atoms. The number of rotatable bonds is 10. The second-order valence-corrected chi connectivity index (χ2v) is 5.63. The van der Waals surface area contributed by atoms with Crippen molar-refractivity contribution < 1.29 is 19.9 Å². The predicted molar refractivity (Wildman–Crippen MR) is 93.4 cm³/mol. The number of hydrogen-bond donors (Lipinski definition) is 2. The van der Waals surface area contributed by atoms with E-state index in [2.05, 4.69) is 0 Å². The summed E-state index contributed by atoms with van der Waals surface area (Å²) in [5.74, 6) is 0.128. The Morgan fingerprint density at radius 3 is 2.48 bits per heavy atom. The van der Waals surface area contributed by atoms with Crippen molar-refractivity contribution in [3.05, 3.63) is 70.3 Å². The van der Waals surface area contributed by atoms with Crippen molar-refractivity contribution in [3.63, 3.8) is 0 Å². The minimum atomic E-state index is -0.838. The predicted octanol–water partition coefficient (Wildman–Crippen LogP) is 1.83. The molecule has 0 spiro atoms. The highest BCUT2D eigenvalue weighted by molar-refractivity contribution is 5.45. The maximum absolute atomic E-state index is 11.0. The highest BCUT2D eigenvalue weighted by atomic mass is 16.6. The normalized spacial score (nSPS) is 12.1. The highest BCUT2D eigenvalue weighted by Crippen LogP contribution is 2.25. The molecule has 0 aliphatic heterocycles. The largest absolute Gasteiger partial charge is 0.484 e. The van der Waals surface area contributed by atoms with E-state index in [9.17, 15) is 20.3 Å². The van der Waals surface area contributed by atoms with E-state index in [-0.39, 0.29) is 31.2 Å². The van der Waals surface area contributed by atoms with Crippen molar-refractivity contribution >= 4 is 5.69 Å². The van der Waals surface area contributed by atoms with Crippen LogP contribution in [0.25, 0.3) is 0 Å². The minimum Gasteiger partial charge on any atom is -0.484 e. The van der Waals surface area contributed by atoms with E-state index in [1.807, 2.05) is 35.2 Å². The lowest BCUT2D eigenvalue weighted by Crippen LogP contribution is -2.37. The average Bonchev–Trinajstić information content (AvgIpc) is 2.61. The molecule has 0 saturated heterocycles. The van der Waals surface area contributed by atoms with Crippen LogP contribution in [-0.4, -0.2) is 52.4 Å². The fourth-order valence-corrected chi connectivity index (χ4v) is 2.48. The van der Waals surface area contributed by atoms with Gasteiger partial charge in [-0.05, 0) is 11.6 Å². The van der Waals surface area contributed by atoms with Gasteiger partial charge in [-0.1, -0.05) is 42.5 Å². The number of nitrogens with zero attached hydrogens (tertiary/aromatic N) is 2. The second-order valence-electron chi connectivity index (χ2n) is 5.63. The molecule has 2 N–H and O–H groups in total. The molecule has 2 aromatic carbocycles. The molecule has 0 fully saturated rings.